The number of amides is 1. The Labute approximate surface area is 114 Å². The molecule has 5 nitrogen and oxygen atoms in total. The summed E-state index contributed by atoms with van der Waals surface area (Å²) in [6.45, 7) is 8.85. The van der Waals surface area contributed by atoms with Crippen LogP contribution in [-0.2, 0) is 4.79 Å². The van der Waals surface area contributed by atoms with Gasteiger partial charge < -0.3 is 15.1 Å². The van der Waals surface area contributed by atoms with Crippen molar-refractivity contribution in [2.75, 3.05) is 13.1 Å². The zero-order valence-electron chi connectivity index (χ0n) is 12.3. The number of nitrogens with zero attached hydrogens (tertiary/aromatic N) is 1. The summed E-state index contributed by atoms with van der Waals surface area (Å²) in [7, 11) is 0. The van der Waals surface area contributed by atoms with Gasteiger partial charge in [0, 0.05) is 13.1 Å². The molecule has 0 aliphatic carbocycles. The van der Waals surface area contributed by atoms with E-state index in [-0.39, 0.29) is 11.3 Å². The molecule has 0 aromatic heterocycles. The molecule has 1 fully saturated rings. The van der Waals surface area contributed by atoms with Crippen molar-refractivity contribution in [2.45, 2.75) is 47.0 Å². The summed E-state index contributed by atoms with van der Waals surface area (Å²) < 4.78 is 0. The first-order valence-electron chi connectivity index (χ1n) is 6.82. The van der Waals surface area contributed by atoms with Crippen molar-refractivity contribution in [3.63, 3.8) is 0 Å². The van der Waals surface area contributed by atoms with E-state index in [1.54, 1.807) is 0 Å². The van der Waals surface area contributed by atoms with Gasteiger partial charge in [-0.05, 0) is 30.6 Å². The highest BCUT2D eigenvalue weighted by atomic mass is 16.4. The van der Waals surface area contributed by atoms with Gasteiger partial charge in [0.1, 0.15) is 0 Å². The van der Waals surface area contributed by atoms with E-state index in [1.807, 2.05) is 27.7 Å². The predicted octanol–water partition coefficient (Wildman–Crippen LogP) is 2.90. The van der Waals surface area contributed by atoms with Gasteiger partial charge in [-0.15, -0.1) is 0 Å². The monoisotopic (exact) mass is 271 g/mol. The second kappa shape index (κ2) is 5.39. The Morgan fingerprint density at radius 3 is 2.16 bits per heavy atom. The molecule has 0 saturated carbocycles. The maximum atomic E-state index is 11.8. The van der Waals surface area contributed by atoms with E-state index in [9.17, 15) is 14.7 Å². The van der Waals surface area contributed by atoms with Gasteiger partial charge in [-0.25, -0.2) is 4.79 Å². The van der Waals surface area contributed by atoms with Gasteiger partial charge in [0.2, 0.25) is 0 Å². The smallest absolute Gasteiger partial charge is 0.407 e. The van der Waals surface area contributed by atoms with Crippen LogP contribution < -0.4 is 0 Å². The Kier molecular flexibility index (Phi) is 4.48. The molecule has 0 radical (unpaired) electrons. The minimum Gasteiger partial charge on any atom is -0.481 e. The third kappa shape index (κ3) is 3.19. The molecule has 1 heterocycles. The standard InChI is InChI=1S/C14H25NO4/c1-10(13(2,3)4)14(11(16)17)6-5-8-15(9-7-14)12(18)19/h10H,5-9H2,1-4H3,(H,16,17)(H,18,19). The Bertz CT molecular complexity index is 361. The lowest BCUT2D eigenvalue weighted by Crippen LogP contribution is -2.44. The number of carbonyl (C=O) groups is 2. The molecule has 1 saturated heterocycles. The molecule has 5 heteroatoms. The summed E-state index contributed by atoms with van der Waals surface area (Å²) in [6, 6.07) is 0. The van der Waals surface area contributed by atoms with Crippen molar-refractivity contribution < 1.29 is 19.8 Å². The Hall–Kier alpha value is -1.26. The van der Waals surface area contributed by atoms with Gasteiger partial charge in [-0.2, -0.15) is 0 Å². The average Bonchev–Trinajstić information content (AvgIpc) is 2.49. The molecule has 2 atom stereocenters. The van der Waals surface area contributed by atoms with E-state index < -0.39 is 17.5 Å². The Morgan fingerprint density at radius 2 is 1.74 bits per heavy atom. The number of carboxylic acids is 1. The third-order valence-corrected chi connectivity index (χ3v) is 4.70. The highest BCUT2D eigenvalue weighted by Gasteiger charge is 2.48. The fourth-order valence-electron chi connectivity index (χ4n) is 3.01. The van der Waals surface area contributed by atoms with Gasteiger partial charge in [-0.3, -0.25) is 4.79 Å². The summed E-state index contributed by atoms with van der Waals surface area (Å²) >= 11 is 0. The van der Waals surface area contributed by atoms with Crippen LogP contribution >= 0.6 is 0 Å². The molecule has 0 bridgehead atoms. The first-order valence-corrected chi connectivity index (χ1v) is 6.82. The number of likely N-dealkylation sites (tertiary alicyclic amines) is 1. The van der Waals surface area contributed by atoms with Gasteiger partial charge >= 0.3 is 12.1 Å². The van der Waals surface area contributed by atoms with E-state index in [2.05, 4.69) is 0 Å². The van der Waals surface area contributed by atoms with E-state index in [0.717, 1.165) is 0 Å². The molecule has 1 aliphatic rings. The van der Waals surface area contributed by atoms with Crippen molar-refractivity contribution in [2.24, 2.45) is 16.7 Å². The number of aliphatic carboxylic acids is 1. The van der Waals surface area contributed by atoms with Crippen LogP contribution in [0, 0.1) is 16.7 Å². The van der Waals surface area contributed by atoms with Crippen LogP contribution in [-0.4, -0.2) is 40.3 Å². The molecule has 0 aromatic rings. The van der Waals surface area contributed by atoms with E-state index >= 15 is 0 Å². The molecular formula is C14H25NO4. The van der Waals surface area contributed by atoms with Crippen LogP contribution in [0.3, 0.4) is 0 Å². The van der Waals surface area contributed by atoms with Crippen LogP contribution in [0.4, 0.5) is 4.79 Å². The molecule has 2 unspecified atom stereocenters. The van der Waals surface area contributed by atoms with Crippen molar-refractivity contribution in [1.29, 1.82) is 0 Å². The SMILES string of the molecule is CC(C(C)(C)C)C1(C(=O)O)CCCN(C(=O)O)CC1. The van der Waals surface area contributed by atoms with Gasteiger partial charge in [0.05, 0.1) is 5.41 Å². The lowest BCUT2D eigenvalue weighted by atomic mass is 9.61. The number of hydrogen-bond donors (Lipinski definition) is 2. The number of rotatable bonds is 2. The van der Waals surface area contributed by atoms with Gasteiger partial charge in [0.15, 0.2) is 0 Å². The van der Waals surface area contributed by atoms with Crippen LogP contribution in [0.2, 0.25) is 0 Å². The third-order valence-electron chi connectivity index (χ3n) is 4.70. The zero-order chi connectivity index (χ0) is 14.8. The maximum Gasteiger partial charge on any atom is 0.407 e. The summed E-state index contributed by atoms with van der Waals surface area (Å²) in [6.07, 6.45) is 0.598. The average molecular weight is 271 g/mol. The summed E-state index contributed by atoms with van der Waals surface area (Å²) in [5, 5.41) is 18.8. The second-order valence-electron chi connectivity index (χ2n) is 6.67. The molecule has 1 aliphatic heterocycles. The molecule has 110 valence electrons. The lowest BCUT2D eigenvalue weighted by molar-refractivity contribution is -0.156. The first kappa shape index (κ1) is 15.8. The largest absolute Gasteiger partial charge is 0.481 e. The lowest BCUT2D eigenvalue weighted by Gasteiger charge is -2.42. The van der Waals surface area contributed by atoms with Crippen LogP contribution in [0.25, 0.3) is 0 Å². The number of carboxylic acid groups (broad SMARTS) is 2. The molecule has 2 N–H and O–H groups in total. The second-order valence-corrected chi connectivity index (χ2v) is 6.67. The molecule has 19 heavy (non-hydrogen) atoms. The van der Waals surface area contributed by atoms with E-state index in [0.29, 0.717) is 32.4 Å². The fraction of sp³-hybridized carbons (Fsp3) is 0.857. The van der Waals surface area contributed by atoms with Gasteiger partial charge in [-0.1, -0.05) is 27.7 Å². The van der Waals surface area contributed by atoms with Crippen molar-refractivity contribution in [3.05, 3.63) is 0 Å². The normalized spacial score (nSPS) is 26.6. The maximum absolute atomic E-state index is 11.8. The Morgan fingerprint density at radius 1 is 1.16 bits per heavy atom. The highest BCUT2D eigenvalue weighted by Crippen LogP contribution is 2.47. The van der Waals surface area contributed by atoms with Crippen molar-refractivity contribution in [3.8, 4) is 0 Å². The van der Waals surface area contributed by atoms with E-state index in [4.69, 9.17) is 5.11 Å². The van der Waals surface area contributed by atoms with Gasteiger partial charge in [0.25, 0.3) is 0 Å². The van der Waals surface area contributed by atoms with Crippen LogP contribution in [0.1, 0.15) is 47.0 Å². The highest BCUT2D eigenvalue weighted by molar-refractivity contribution is 5.75. The Balaban J connectivity index is 3.02. The number of hydrogen-bond acceptors (Lipinski definition) is 2. The van der Waals surface area contributed by atoms with E-state index in [1.165, 1.54) is 4.90 Å². The topological polar surface area (TPSA) is 77.8 Å². The molecule has 1 amide bonds. The molecule has 0 spiro atoms. The van der Waals surface area contributed by atoms with Crippen molar-refractivity contribution >= 4 is 12.1 Å². The first-order chi connectivity index (χ1) is 8.61. The molecule has 1 rings (SSSR count). The van der Waals surface area contributed by atoms with Crippen LogP contribution in [0.5, 0.6) is 0 Å². The van der Waals surface area contributed by atoms with Crippen molar-refractivity contribution in [1.82, 2.24) is 4.90 Å². The minimum absolute atomic E-state index is 0.00811. The summed E-state index contributed by atoms with van der Waals surface area (Å²) in [5.74, 6) is -0.798. The molecule has 0 aromatic carbocycles. The molecular weight excluding hydrogens is 246 g/mol. The van der Waals surface area contributed by atoms with Crippen LogP contribution in [0.15, 0.2) is 0 Å². The fourth-order valence-corrected chi connectivity index (χ4v) is 3.01. The zero-order valence-corrected chi connectivity index (χ0v) is 12.3. The predicted molar refractivity (Wildman–Crippen MR) is 72.1 cm³/mol. The quantitative estimate of drug-likeness (QED) is 0.809. The summed E-state index contributed by atoms with van der Waals surface area (Å²) in [4.78, 5) is 24.2. The minimum atomic E-state index is -0.954. The summed E-state index contributed by atoms with van der Waals surface area (Å²) in [5.41, 5.74) is -0.931.